The third kappa shape index (κ3) is 3.75. The Hall–Kier alpha value is -2.34. The SMILES string of the molecule is COc1ccc(OC)c(C2SCC(=O)N2Cc2ccc(N(C)C)cc2)c1. The van der Waals surface area contributed by atoms with Crippen molar-refractivity contribution >= 4 is 23.4 Å². The van der Waals surface area contributed by atoms with Gasteiger partial charge < -0.3 is 19.3 Å². The van der Waals surface area contributed by atoms with Crippen LogP contribution in [0.1, 0.15) is 16.5 Å². The Labute approximate surface area is 158 Å². The van der Waals surface area contributed by atoms with Gasteiger partial charge in [-0.3, -0.25) is 4.79 Å². The van der Waals surface area contributed by atoms with Crippen molar-refractivity contribution in [1.29, 1.82) is 0 Å². The summed E-state index contributed by atoms with van der Waals surface area (Å²) < 4.78 is 10.9. The van der Waals surface area contributed by atoms with E-state index in [0.717, 1.165) is 28.3 Å². The van der Waals surface area contributed by atoms with Gasteiger partial charge in [0.25, 0.3) is 0 Å². The van der Waals surface area contributed by atoms with E-state index in [1.165, 1.54) is 0 Å². The normalized spacial score (nSPS) is 16.7. The zero-order chi connectivity index (χ0) is 18.7. The first-order chi connectivity index (χ1) is 12.5. The molecule has 0 aliphatic carbocycles. The van der Waals surface area contributed by atoms with Gasteiger partial charge in [0.15, 0.2) is 0 Å². The van der Waals surface area contributed by atoms with Gasteiger partial charge in [0.2, 0.25) is 5.91 Å². The fraction of sp³-hybridized carbons (Fsp3) is 0.350. The number of methoxy groups -OCH3 is 2. The van der Waals surface area contributed by atoms with E-state index in [1.807, 2.05) is 37.2 Å². The number of hydrogen-bond acceptors (Lipinski definition) is 5. The second-order valence-corrected chi connectivity index (χ2v) is 7.42. The van der Waals surface area contributed by atoms with Gasteiger partial charge in [-0.15, -0.1) is 11.8 Å². The van der Waals surface area contributed by atoms with Crippen LogP contribution in [-0.4, -0.2) is 44.9 Å². The number of ether oxygens (including phenoxy) is 2. The third-order valence-corrected chi connectivity index (χ3v) is 5.71. The van der Waals surface area contributed by atoms with Gasteiger partial charge in [0, 0.05) is 31.9 Å². The van der Waals surface area contributed by atoms with E-state index in [9.17, 15) is 4.79 Å². The maximum Gasteiger partial charge on any atom is 0.234 e. The number of rotatable bonds is 6. The Morgan fingerprint density at radius 2 is 1.85 bits per heavy atom. The molecule has 1 fully saturated rings. The average Bonchev–Trinajstić information content (AvgIpc) is 3.02. The van der Waals surface area contributed by atoms with Crippen LogP contribution in [0.2, 0.25) is 0 Å². The van der Waals surface area contributed by atoms with Crippen molar-refractivity contribution in [3.05, 3.63) is 53.6 Å². The molecule has 1 saturated heterocycles. The smallest absolute Gasteiger partial charge is 0.234 e. The molecule has 0 radical (unpaired) electrons. The minimum atomic E-state index is -0.0823. The van der Waals surface area contributed by atoms with E-state index in [-0.39, 0.29) is 11.3 Å². The van der Waals surface area contributed by atoms with Crippen molar-refractivity contribution in [3.8, 4) is 11.5 Å². The highest BCUT2D eigenvalue weighted by Gasteiger charge is 2.34. The number of amides is 1. The van der Waals surface area contributed by atoms with Crippen molar-refractivity contribution < 1.29 is 14.3 Å². The van der Waals surface area contributed by atoms with Crippen molar-refractivity contribution in [3.63, 3.8) is 0 Å². The average molecular weight is 372 g/mol. The summed E-state index contributed by atoms with van der Waals surface area (Å²) in [5, 5.41) is -0.0823. The summed E-state index contributed by atoms with van der Waals surface area (Å²) in [6, 6.07) is 14.0. The molecule has 0 bridgehead atoms. The lowest BCUT2D eigenvalue weighted by atomic mass is 10.1. The molecule has 1 heterocycles. The molecule has 0 spiro atoms. The number of nitrogens with zero attached hydrogens (tertiary/aromatic N) is 2. The summed E-state index contributed by atoms with van der Waals surface area (Å²) >= 11 is 1.62. The first-order valence-electron chi connectivity index (χ1n) is 8.42. The number of anilines is 1. The van der Waals surface area contributed by atoms with Crippen LogP contribution in [0.25, 0.3) is 0 Å². The van der Waals surface area contributed by atoms with Crippen LogP contribution in [0, 0.1) is 0 Å². The van der Waals surface area contributed by atoms with Crippen LogP contribution < -0.4 is 14.4 Å². The Bertz CT molecular complexity index is 777. The number of thioether (sulfide) groups is 1. The predicted molar refractivity (Wildman–Crippen MR) is 106 cm³/mol. The van der Waals surface area contributed by atoms with Gasteiger partial charge in [-0.25, -0.2) is 0 Å². The first kappa shape index (κ1) is 18.5. The molecular formula is C20H24N2O3S. The zero-order valence-electron chi connectivity index (χ0n) is 15.6. The number of carbonyl (C=O) groups is 1. The Balaban J connectivity index is 1.87. The fourth-order valence-corrected chi connectivity index (χ4v) is 4.21. The second-order valence-electron chi connectivity index (χ2n) is 6.35. The van der Waals surface area contributed by atoms with Gasteiger partial charge in [-0.2, -0.15) is 0 Å². The van der Waals surface area contributed by atoms with Crippen molar-refractivity contribution in [2.75, 3.05) is 39.0 Å². The number of carbonyl (C=O) groups excluding carboxylic acids is 1. The monoisotopic (exact) mass is 372 g/mol. The van der Waals surface area contributed by atoms with E-state index >= 15 is 0 Å². The fourth-order valence-electron chi connectivity index (χ4n) is 3.01. The first-order valence-corrected chi connectivity index (χ1v) is 9.47. The highest BCUT2D eigenvalue weighted by Crippen LogP contribution is 2.44. The van der Waals surface area contributed by atoms with Crippen LogP contribution in [0.3, 0.4) is 0 Å². The summed E-state index contributed by atoms with van der Waals surface area (Å²) in [4.78, 5) is 16.5. The van der Waals surface area contributed by atoms with E-state index < -0.39 is 0 Å². The van der Waals surface area contributed by atoms with E-state index in [4.69, 9.17) is 9.47 Å². The summed E-state index contributed by atoms with van der Waals surface area (Å²) in [5.41, 5.74) is 3.22. The third-order valence-electron chi connectivity index (χ3n) is 4.48. The Morgan fingerprint density at radius 1 is 1.12 bits per heavy atom. The summed E-state index contributed by atoms with van der Waals surface area (Å²) in [7, 11) is 7.32. The summed E-state index contributed by atoms with van der Waals surface area (Å²) in [6.07, 6.45) is 0. The summed E-state index contributed by atoms with van der Waals surface area (Å²) in [5.74, 6) is 2.14. The van der Waals surface area contributed by atoms with Crippen molar-refractivity contribution in [2.24, 2.45) is 0 Å². The second kappa shape index (κ2) is 7.91. The Morgan fingerprint density at radius 3 is 2.46 bits per heavy atom. The molecule has 1 amide bonds. The molecule has 2 aromatic rings. The maximum absolute atomic E-state index is 12.5. The molecule has 1 unspecified atom stereocenters. The van der Waals surface area contributed by atoms with Crippen LogP contribution in [0.4, 0.5) is 5.69 Å². The lowest BCUT2D eigenvalue weighted by molar-refractivity contribution is -0.128. The highest BCUT2D eigenvalue weighted by molar-refractivity contribution is 8.00. The highest BCUT2D eigenvalue weighted by atomic mass is 32.2. The molecule has 5 nitrogen and oxygen atoms in total. The molecule has 2 aromatic carbocycles. The van der Waals surface area contributed by atoms with Gasteiger partial charge in [0.1, 0.15) is 16.9 Å². The molecule has 6 heteroatoms. The molecule has 1 aliphatic heterocycles. The van der Waals surface area contributed by atoms with Crippen molar-refractivity contribution in [1.82, 2.24) is 4.90 Å². The minimum absolute atomic E-state index is 0.0823. The minimum Gasteiger partial charge on any atom is -0.497 e. The number of benzene rings is 2. The van der Waals surface area contributed by atoms with Crippen LogP contribution in [0.15, 0.2) is 42.5 Å². The van der Waals surface area contributed by atoms with Gasteiger partial charge >= 0.3 is 0 Å². The molecule has 0 aromatic heterocycles. The lowest BCUT2D eigenvalue weighted by Gasteiger charge is -2.26. The van der Waals surface area contributed by atoms with Gasteiger partial charge in [-0.05, 0) is 35.9 Å². The molecule has 1 atom stereocenters. The van der Waals surface area contributed by atoms with E-state index in [0.29, 0.717) is 12.3 Å². The number of hydrogen-bond donors (Lipinski definition) is 0. The van der Waals surface area contributed by atoms with Crippen LogP contribution in [0.5, 0.6) is 11.5 Å². The molecular weight excluding hydrogens is 348 g/mol. The molecule has 3 rings (SSSR count). The predicted octanol–water partition coefficient (Wildman–Crippen LogP) is 3.54. The topological polar surface area (TPSA) is 42.0 Å². The largest absolute Gasteiger partial charge is 0.497 e. The lowest BCUT2D eigenvalue weighted by Crippen LogP contribution is -2.28. The summed E-state index contributed by atoms with van der Waals surface area (Å²) in [6.45, 7) is 0.574. The molecule has 138 valence electrons. The van der Waals surface area contributed by atoms with Gasteiger partial charge in [0.05, 0.1) is 20.0 Å². The van der Waals surface area contributed by atoms with Crippen LogP contribution >= 0.6 is 11.8 Å². The molecule has 1 aliphatic rings. The Kier molecular flexibility index (Phi) is 5.61. The zero-order valence-corrected chi connectivity index (χ0v) is 16.4. The van der Waals surface area contributed by atoms with E-state index in [2.05, 4.69) is 29.2 Å². The maximum atomic E-state index is 12.5. The quantitative estimate of drug-likeness (QED) is 0.776. The van der Waals surface area contributed by atoms with Crippen LogP contribution in [-0.2, 0) is 11.3 Å². The molecule has 0 saturated carbocycles. The van der Waals surface area contributed by atoms with Crippen molar-refractivity contribution in [2.45, 2.75) is 11.9 Å². The van der Waals surface area contributed by atoms with Gasteiger partial charge in [-0.1, -0.05) is 12.1 Å². The molecule has 26 heavy (non-hydrogen) atoms. The van der Waals surface area contributed by atoms with E-state index in [1.54, 1.807) is 26.0 Å². The molecule has 0 N–H and O–H groups in total. The standard InChI is InChI=1S/C20H24N2O3S/c1-21(2)15-7-5-14(6-8-15)12-22-19(23)13-26-20(22)17-11-16(24-3)9-10-18(17)25-4/h5-11,20H,12-13H2,1-4H3.